The SMILES string of the molecule is O=C([O-])c1cccc2cccc([S@](=O)c3ccccc3CO)c12. The third-order valence-electron chi connectivity index (χ3n) is 3.63. The maximum absolute atomic E-state index is 13.0. The van der Waals surface area contributed by atoms with E-state index in [0.717, 1.165) is 0 Å². The van der Waals surface area contributed by atoms with Gasteiger partial charge in [-0.3, -0.25) is 0 Å². The second-order valence-corrected chi connectivity index (χ2v) is 6.40. The van der Waals surface area contributed by atoms with Crippen molar-refractivity contribution in [3.05, 3.63) is 71.8 Å². The van der Waals surface area contributed by atoms with Crippen molar-refractivity contribution in [3.8, 4) is 0 Å². The van der Waals surface area contributed by atoms with E-state index in [1.165, 1.54) is 6.07 Å². The first-order valence-electron chi connectivity index (χ1n) is 6.97. The molecule has 23 heavy (non-hydrogen) atoms. The lowest BCUT2D eigenvalue weighted by atomic mass is 10.0. The quantitative estimate of drug-likeness (QED) is 0.794. The molecule has 0 bridgehead atoms. The molecule has 0 aromatic heterocycles. The van der Waals surface area contributed by atoms with Gasteiger partial charge in [-0.15, -0.1) is 0 Å². The zero-order valence-corrected chi connectivity index (χ0v) is 12.9. The van der Waals surface area contributed by atoms with Crippen LogP contribution >= 0.6 is 0 Å². The van der Waals surface area contributed by atoms with Crippen molar-refractivity contribution >= 4 is 27.5 Å². The minimum atomic E-state index is -1.61. The number of hydrogen-bond donors (Lipinski definition) is 1. The molecule has 1 N–H and O–H groups in total. The summed E-state index contributed by atoms with van der Waals surface area (Å²) in [6.45, 7) is -0.236. The maximum Gasteiger partial charge on any atom is 0.0859 e. The molecule has 5 heteroatoms. The van der Waals surface area contributed by atoms with E-state index in [0.29, 0.717) is 26.1 Å². The Morgan fingerprint density at radius 2 is 1.61 bits per heavy atom. The first-order valence-corrected chi connectivity index (χ1v) is 8.12. The maximum atomic E-state index is 13.0. The highest BCUT2D eigenvalue weighted by atomic mass is 32.2. The van der Waals surface area contributed by atoms with E-state index in [-0.39, 0.29) is 12.2 Å². The Morgan fingerprint density at radius 1 is 0.957 bits per heavy atom. The second kappa shape index (κ2) is 6.32. The monoisotopic (exact) mass is 325 g/mol. The summed E-state index contributed by atoms with van der Waals surface area (Å²) >= 11 is 0. The Hall–Kier alpha value is -2.50. The molecule has 3 aromatic carbocycles. The second-order valence-electron chi connectivity index (χ2n) is 4.98. The number of rotatable bonds is 4. The standard InChI is InChI=1S/C18H14O4S/c19-11-13-5-1-2-9-15(13)23(22)16-10-4-7-12-6-3-8-14(17(12)16)18(20)21/h1-10,19H,11H2,(H,20,21)/p-1/t23-/m1/s1. The van der Waals surface area contributed by atoms with Crippen LogP contribution in [-0.4, -0.2) is 15.3 Å². The summed E-state index contributed by atoms with van der Waals surface area (Å²) in [5.41, 5.74) is 0.557. The van der Waals surface area contributed by atoms with Crippen molar-refractivity contribution in [2.24, 2.45) is 0 Å². The summed E-state index contributed by atoms with van der Waals surface area (Å²) in [5.74, 6) is -1.31. The fourth-order valence-corrected chi connectivity index (χ4v) is 3.99. The molecule has 0 aliphatic rings. The first kappa shape index (κ1) is 15.4. The predicted octanol–water partition coefficient (Wildman–Crippen LogP) is 1.86. The largest absolute Gasteiger partial charge is 0.545 e. The Morgan fingerprint density at radius 3 is 2.30 bits per heavy atom. The number of carboxylic acid groups (broad SMARTS) is 1. The van der Waals surface area contributed by atoms with Crippen molar-refractivity contribution in [3.63, 3.8) is 0 Å². The van der Waals surface area contributed by atoms with Crippen molar-refractivity contribution < 1.29 is 19.2 Å². The van der Waals surface area contributed by atoms with Crippen molar-refractivity contribution in [2.75, 3.05) is 0 Å². The summed E-state index contributed by atoms with van der Waals surface area (Å²) < 4.78 is 13.0. The topological polar surface area (TPSA) is 77.4 Å². The van der Waals surface area contributed by atoms with Crippen LogP contribution in [0.25, 0.3) is 10.8 Å². The van der Waals surface area contributed by atoms with Crippen LogP contribution in [0.5, 0.6) is 0 Å². The predicted molar refractivity (Wildman–Crippen MR) is 85.3 cm³/mol. The number of aliphatic hydroxyl groups is 1. The van der Waals surface area contributed by atoms with Gasteiger partial charge in [-0.05, 0) is 23.1 Å². The third-order valence-corrected chi connectivity index (χ3v) is 5.17. The van der Waals surface area contributed by atoms with Gasteiger partial charge >= 0.3 is 0 Å². The minimum Gasteiger partial charge on any atom is -0.545 e. The summed E-state index contributed by atoms with van der Waals surface area (Å²) in [7, 11) is -1.61. The molecule has 0 radical (unpaired) electrons. The van der Waals surface area contributed by atoms with E-state index in [2.05, 4.69) is 0 Å². The molecule has 4 nitrogen and oxygen atoms in total. The molecule has 0 spiro atoms. The van der Waals surface area contributed by atoms with E-state index >= 15 is 0 Å². The van der Waals surface area contributed by atoms with Crippen LogP contribution in [0.4, 0.5) is 0 Å². The number of hydrogen-bond acceptors (Lipinski definition) is 4. The first-order chi connectivity index (χ1) is 11.1. The third kappa shape index (κ3) is 2.76. The van der Waals surface area contributed by atoms with Gasteiger partial charge in [0.25, 0.3) is 0 Å². The summed E-state index contributed by atoms with van der Waals surface area (Å²) in [5, 5.41) is 21.9. The number of fused-ring (bicyclic) bond motifs is 1. The Labute approximate surface area is 135 Å². The van der Waals surface area contributed by atoms with Gasteiger partial charge in [0.2, 0.25) is 0 Å². The smallest absolute Gasteiger partial charge is 0.0859 e. The number of benzene rings is 3. The number of aromatic carboxylic acids is 1. The molecule has 0 heterocycles. The molecule has 0 unspecified atom stereocenters. The van der Waals surface area contributed by atoms with E-state index in [1.807, 2.05) is 0 Å². The highest BCUT2D eigenvalue weighted by molar-refractivity contribution is 7.85. The van der Waals surface area contributed by atoms with Crippen LogP contribution in [0.2, 0.25) is 0 Å². The molecule has 0 fully saturated rings. The lowest BCUT2D eigenvalue weighted by Crippen LogP contribution is -2.22. The Kier molecular flexibility index (Phi) is 4.23. The molecule has 3 aromatic rings. The van der Waals surface area contributed by atoms with Crippen LogP contribution in [-0.2, 0) is 17.4 Å². The number of carboxylic acids is 1. The fraction of sp³-hybridized carbons (Fsp3) is 0.0556. The van der Waals surface area contributed by atoms with E-state index in [1.54, 1.807) is 54.6 Å². The highest BCUT2D eigenvalue weighted by Gasteiger charge is 2.16. The summed E-state index contributed by atoms with van der Waals surface area (Å²) in [6, 6.07) is 16.8. The Balaban J connectivity index is 2.28. The molecule has 1 atom stereocenters. The van der Waals surface area contributed by atoms with Gasteiger partial charge in [0, 0.05) is 15.8 Å². The van der Waals surface area contributed by atoms with Crippen molar-refractivity contribution in [1.82, 2.24) is 0 Å². The fourth-order valence-electron chi connectivity index (χ4n) is 2.56. The van der Waals surface area contributed by atoms with Crippen LogP contribution < -0.4 is 5.11 Å². The number of carbonyl (C=O) groups excluding carboxylic acids is 1. The van der Waals surface area contributed by atoms with Gasteiger partial charge in [0.1, 0.15) is 0 Å². The van der Waals surface area contributed by atoms with Crippen molar-refractivity contribution in [2.45, 2.75) is 16.4 Å². The van der Waals surface area contributed by atoms with E-state index in [9.17, 15) is 19.2 Å². The lowest BCUT2D eigenvalue weighted by Gasteiger charge is -2.13. The number of carbonyl (C=O) groups is 1. The average Bonchev–Trinajstić information content (AvgIpc) is 2.59. The molecule has 0 amide bonds. The molecule has 3 rings (SSSR count). The van der Waals surface area contributed by atoms with Crippen LogP contribution in [0.3, 0.4) is 0 Å². The zero-order chi connectivity index (χ0) is 16.4. The molecule has 0 saturated heterocycles. The molecule has 0 saturated carbocycles. The number of aliphatic hydroxyl groups excluding tert-OH is 1. The molecule has 0 aliphatic carbocycles. The van der Waals surface area contributed by atoms with Crippen LogP contribution in [0.1, 0.15) is 15.9 Å². The highest BCUT2D eigenvalue weighted by Crippen LogP contribution is 2.29. The molecule has 116 valence electrons. The normalized spacial score (nSPS) is 12.2. The summed E-state index contributed by atoms with van der Waals surface area (Å²) in [4.78, 5) is 12.3. The van der Waals surface area contributed by atoms with Crippen molar-refractivity contribution in [1.29, 1.82) is 0 Å². The van der Waals surface area contributed by atoms with Gasteiger partial charge in [-0.25, -0.2) is 4.21 Å². The van der Waals surface area contributed by atoms with Gasteiger partial charge in [0.15, 0.2) is 0 Å². The molecule has 0 aliphatic heterocycles. The van der Waals surface area contributed by atoms with E-state index < -0.39 is 16.8 Å². The minimum absolute atomic E-state index is 0.00734. The zero-order valence-electron chi connectivity index (χ0n) is 12.1. The molecular weight excluding hydrogens is 312 g/mol. The lowest BCUT2D eigenvalue weighted by molar-refractivity contribution is -0.254. The van der Waals surface area contributed by atoms with Crippen LogP contribution in [0.15, 0.2) is 70.5 Å². The van der Waals surface area contributed by atoms with Gasteiger partial charge < -0.3 is 15.0 Å². The van der Waals surface area contributed by atoms with E-state index in [4.69, 9.17) is 0 Å². The van der Waals surface area contributed by atoms with Crippen LogP contribution in [0, 0.1) is 0 Å². The molecular formula is C18H13O4S-. The van der Waals surface area contributed by atoms with Gasteiger partial charge in [-0.1, -0.05) is 48.5 Å². The Bertz CT molecular complexity index is 913. The van der Waals surface area contributed by atoms with Gasteiger partial charge in [-0.2, -0.15) is 0 Å². The summed E-state index contributed by atoms with van der Waals surface area (Å²) in [6.07, 6.45) is 0. The van der Waals surface area contributed by atoms with Gasteiger partial charge in [0.05, 0.1) is 28.3 Å². The average molecular weight is 325 g/mol.